The fourth-order valence-electron chi connectivity index (χ4n) is 2.46. The summed E-state index contributed by atoms with van der Waals surface area (Å²) >= 11 is 0. The van der Waals surface area contributed by atoms with E-state index < -0.39 is 0 Å². The molecule has 0 amide bonds. The number of rotatable bonds is 2. The molecule has 0 aliphatic heterocycles. The Morgan fingerprint density at radius 3 is 2.60 bits per heavy atom. The molecular formula is C13H16N2. The fourth-order valence-corrected chi connectivity index (χ4v) is 2.46. The molecule has 1 fully saturated rings. The monoisotopic (exact) mass is 200 g/mol. The van der Waals surface area contributed by atoms with E-state index in [9.17, 15) is 0 Å². The molecule has 0 radical (unpaired) electrons. The first-order valence-corrected chi connectivity index (χ1v) is 5.57. The van der Waals surface area contributed by atoms with Gasteiger partial charge in [0.05, 0.1) is 11.6 Å². The van der Waals surface area contributed by atoms with Crippen molar-refractivity contribution < 1.29 is 0 Å². The summed E-state index contributed by atoms with van der Waals surface area (Å²) in [6, 6.07) is 9.96. The highest BCUT2D eigenvalue weighted by molar-refractivity contribution is 5.39. The van der Waals surface area contributed by atoms with Crippen LogP contribution in [0.15, 0.2) is 24.3 Å². The Hall–Kier alpha value is -1.33. The third-order valence-corrected chi connectivity index (χ3v) is 3.35. The Kier molecular flexibility index (Phi) is 3.03. The zero-order valence-electron chi connectivity index (χ0n) is 8.82. The molecule has 0 saturated heterocycles. The highest BCUT2D eigenvalue weighted by Gasteiger charge is 2.24. The molecule has 1 aliphatic rings. The van der Waals surface area contributed by atoms with Crippen molar-refractivity contribution >= 4 is 0 Å². The highest BCUT2D eigenvalue weighted by Crippen LogP contribution is 2.34. The van der Waals surface area contributed by atoms with Gasteiger partial charge < -0.3 is 5.73 Å². The number of nitriles is 1. The molecule has 15 heavy (non-hydrogen) atoms. The zero-order valence-corrected chi connectivity index (χ0v) is 8.82. The molecule has 1 aromatic rings. The van der Waals surface area contributed by atoms with Crippen LogP contribution in [0.25, 0.3) is 0 Å². The van der Waals surface area contributed by atoms with Crippen molar-refractivity contribution in [3.8, 4) is 6.07 Å². The van der Waals surface area contributed by atoms with Gasteiger partial charge in [0.1, 0.15) is 0 Å². The largest absolute Gasteiger partial charge is 0.324 e. The van der Waals surface area contributed by atoms with Crippen LogP contribution < -0.4 is 5.73 Å². The zero-order chi connectivity index (χ0) is 10.7. The molecule has 1 aliphatic carbocycles. The normalized spacial score (nSPS) is 18.7. The SMILES string of the molecule is N#Cc1ccccc1[C@H](N)C1CCCC1. The second-order valence-corrected chi connectivity index (χ2v) is 4.27. The van der Waals surface area contributed by atoms with Crippen LogP contribution in [-0.2, 0) is 0 Å². The van der Waals surface area contributed by atoms with E-state index in [-0.39, 0.29) is 6.04 Å². The number of hydrogen-bond donors (Lipinski definition) is 1. The molecule has 78 valence electrons. The summed E-state index contributed by atoms with van der Waals surface area (Å²) in [6.45, 7) is 0. The van der Waals surface area contributed by atoms with Gasteiger partial charge >= 0.3 is 0 Å². The van der Waals surface area contributed by atoms with E-state index >= 15 is 0 Å². The Morgan fingerprint density at radius 2 is 1.93 bits per heavy atom. The van der Waals surface area contributed by atoms with Crippen molar-refractivity contribution in [2.45, 2.75) is 31.7 Å². The van der Waals surface area contributed by atoms with Gasteiger partial charge in [-0.3, -0.25) is 0 Å². The second-order valence-electron chi connectivity index (χ2n) is 4.27. The molecule has 2 nitrogen and oxygen atoms in total. The van der Waals surface area contributed by atoms with Crippen LogP contribution in [0.4, 0.5) is 0 Å². The summed E-state index contributed by atoms with van der Waals surface area (Å²) in [7, 11) is 0. The van der Waals surface area contributed by atoms with E-state index in [0.29, 0.717) is 5.92 Å². The van der Waals surface area contributed by atoms with Crippen LogP contribution in [0, 0.1) is 17.2 Å². The maximum Gasteiger partial charge on any atom is 0.0995 e. The van der Waals surface area contributed by atoms with Crippen LogP contribution in [0.1, 0.15) is 42.9 Å². The number of benzene rings is 1. The summed E-state index contributed by atoms with van der Waals surface area (Å²) < 4.78 is 0. The predicted molar refractivity (Wildman–Crippen MR) is 60.0 cm³/mol. The van der Waals surface area contributed by atoms with E-state index in [1.165, 1.54) is 25.7 Å². The third kappa shape index (κ3) is 2.03. The standard InChI is InChI=1S/C13H16N2/c14-9-11-7-3-4-8-12(11)13(15)10-5-1-2-6-10/h3-4,7-8,10,13H,1-2,5-6,15H2/t13-/m1/s1. The molecule has 1 saturated carbocycles. The van der Waals surface area contributed by atoms with Gasteiger partial charge in [0, 0.05) is 6.04 Å². The van der Waals surface area contributed by atoms with Crippen molar-refractivity contribution in [1.82, 2.24) is 0 Å². The molecule has 2 heteroatoms. The maximum absolute atomic E-state index is 9.00. The quantitative estimate of drug-likeness (QED) is 0.798. The number of hydrogen-bond acceptors (Lipinski definition) is 2. The highest BCUT2D eigenvalue weighted by atomic mass is 14.7. The Labute approximate surface area is 90.7 Å². The van der Waals surface area contributed by atoms with Gasteiger partial charge in [-0.25, -0.2) is 0 Å². The molecule has 1 aromatic carbocycles. The van der Waals surface area contributed by atoms with Crippen LogP contribution >= 0.6 is 0 Å². The van der Waals surface area contributed by atoms with Crippen LogP contribution in [-0.4, -0.2) is 0 Å². The van der Waals surface area contributed by atoms with Crippen molar-refractivity contribution in [2.75, 3.05) is 0 Å². The first-order chi connectivity index (χ1) is 7.33. The van der Waals surface area contributed by atoms with Gasteiger partial charge in [-0.15, -0.1) is 0 Å². The van der Waals surface area contributed by atoms with E-state index in [2.05, 4.69) is 6.07 Å². The summed E-state index contributed by atoms with van der Waals surface area (Å²) in [5, 5.41) is 9.00. The first-order valence-electron chi connectivity index (χ1n) is 5.57. The van der Waals surface area contributed by atoms with E-state index in [4.69, 9.17) is 11.0 Å². The third-order valence-electron chi connectivity index (χ3n) is 3.35. The van der Waals surface area contributed by atoms with Gasteiger partial charge in [0.15, 0.2) is 0 Å². The maximum atomic E-state index is 9.00. The average Bonchev–Trinajstić information content (AvgIpc) is 2.81. The van der Waals surface area contributed by atoms with Gasteiger partial charge in [0.2, 0.25) is 0 Å². The van der Waals surface area contributed by atoms with Gasteiger partial charge in [-0.2, -0.15) is 5.26 Å². The van der Waals surface area contributed by atoms with Gasteiger partial charge in [0.25, 0.3) is 0 Å². The summed E-state index contributed by atoms with van der Waals surface area (Å²) in [6.07, 6.45) is 4.99. The van der Waals surface area contributed by atoms with Gasteiger partial charge in [-0.1, -0.05) is 31.0 Å². The van der Waals surface area contributed by atoms with E-state index in [1.807, 2.05) is 24.3 Å². The van der Waals surface area contributed by atoms with Crippen molar-refractivity contribution in [1.29, 1.82) is 5.26 Å². The molecular weight excluding hydrogens is 184 g/mol. The predicted octanol–water partition coefficient (Wildman–Crippen LogP) is 2.75. The topological polar surface area (TPSA) is 49.8 Å². The molecule has 1 atom stereocenters. The summed E-state index contributed by atoms with van der Waals surface area (Å²) in [5.74, 6) is 0.569. The molecule has 0 aromatic heterocycles. The Bertz CT molecular complexity index is 372. The van der Waals surface area contributed by atoms with Crippen molar-refractivity contribution in [3.05, 3.63) is 35.4 Å². The lowest BCUT2D eigenvalue weighted by Crippen LogP contribution is -2.20. The van der Waals surface area contributed by atoms with Gasteiger partial charge in [-0.05, 0) is 30.4 Å². The second kappa shape index (κ2) is 4.46. The summed E-state index contributed by atoms with van der Waals surface area (Å²) in [4.78, 5) is 0. The van der Waals surface area contributed by atoms with E-state index in [0.717, 1.165) is 11.1 Å². The minimum atomic E-state index is 0.0448. The molecule has 0 unspecified atom stereocenters. The number of nitrogens with zero attached hydrogens (tertiary/aromatic N) is 1. The van der Waals surface area contributed by atoms with Crippen molar-refractivity contribution in [2.24, 2.45) is 11.7 Å². The molecule has 2 rings (SSSR count). The Balaban J connectivity index is 2.24. The van der Waals surface area contributed by atoms with E-state index in [1.54, 1.807) is 0 Å². The molecule has 0 heterocycles. The first kappa shape index (κ1) is 10.2. The van der Waals surface area contributed by atoms with Crippen LogP contribution in [0.3, 0.4) is 0 Å². The average molecular weight is 200 g/mol. The lowest BCUT2D eigenvalue weighted by molar-refractivity contribution is 0.444. The minimum absolute atomic E-state index is 0.0448. The number of nitrogens with two attached hydrogens (primary N) is 1. The fraction of sp³-hybridized carbons (Fsp3) is 0.462. The molecule has 0 spiro atoms. The smallest absolute Gasteiger partial charge is 0.0995 e. The Morgan fingerprint density at radius 1 is 1.27 bits per heavy atom. The lowest BCUT2D eigenvalue weighted by Gasteiger charge is -2.20. The lowest BCUT2D eigenvalue weighted by atomic mass is 9.90. The van der Waals surface area contributed by atoms with Crippen LogP contribution in [0.5, 0.6) is 0 Å². The molecule has 2 N–H and O–H groups in total. The van der Waals surface area contributed by atoms with Crippen LogP contribution in [0.2, 0.25) is 0 Å². The minimum Gasteiger partial charge on any atom is -0.324 e. The van der Waals surface area contributed by atoms with Crippen molar-refractivity contribution in [3.63, 3.8) is 0 Å². The molecule has 0 bridgehead atoms. The summed E-state index contributed by atoms with van der Waals surface area (Å²) in [5.41, 5.74) is 7.98.